The first kappa shape index (κ1) is 29.8. The van der Waals surface area contributed by atoms with Crippen LogP contribution in [0.4, 0.5) is 10.2 Å². The molecule has 0 saturated carbocycles. The lowest BCUT2D eigenvalue weighted by atomic mass is 9.77. The number of hydrogen-bond donors (Lipinski definition) is 0. The molecule has 6 rings (SSSR count). The molecule has 0 radical (unpaired) electrons. The van der Waals surface area contributed by atoms with Gasteiger partial charge >= 0.3 is 0 Å². The Bertz CT molecular complexity index is 1860. The van der Waals surface area contributed by atoms with Gasteiger partial charge in [-0.15, -0.1) is 0 Å². The minimum absolute atomic E-state index is 0.00469. The van der Waals surface area contributed by atoms with Crippen LogP contribution < -0.4 is 9.64 Å². The third-order valence-corrected chi connectivity index (χ3v) is 12.2. The molecule has 15 heteroatoms. The van der Waals surface area contributed by atoms with Crippen molar-refractivity contribution in [2.45, 2.75) is 25.9 Å². The minimum Gasteiger partial charge on any atom is -0.483 e. The first-order valence-electron chi connectivity index (χ1n) is 12.9. The molecule has 2 saturated heterocycles. The maximum Gasteiger partial charge on any atom is 0.167 e. The molecule has 2 aliphatic rings. The number of nitrogens with zero attached hydrogens (tertiary/aromatic N) is 6. The van der Waals surface area contributed by atoms with E-state index in [-0.39, 0.29) is 29.0 Å². The molecule has 0 bridgehead atoms. The zero-order valence-electron chi connectivity index (χ0n) is 22.1. The van der Waals surface area contributed by atoms with Crippen LogP contribution in [-0.4, -0.2) is 52.5 Å². The second kappa shape index (κ2) is 11.3. The average Bonchev–Trinajstić information content (AvgIpc) is 3.28. The Morgan fingerprint density at radius 2 is 1.95 bits per heavy atom. The Morgan fingerprint density at radius 1 is 1.21 bits per heavy atom. The van der Waals surface area contributed by atoms with Crippen LogP contribution in [0.2, 0.25) is 10.0 Å². The van der Waals surface area contributed by atoms with E-state index < -0.39 is 21.8 Å². The van der Waals surface area contributed by atoms with Crippen molar-refractivity contribution < 1.29 is 17.5 Å². The maximum absolute atomic E-state index is 15.3. The van der Waals surface area contributed by atoms with E-state index in [0.29, 0.717) is 68.7 Å². The predicted molar refractivity (Wildman–Crippen MR) is 171 cm³/mol. The fraction of sp³-hybridized carbons (Fsp3) is 0.333. The largest absolute Gasteiger partial charge is 0.483 e. The zero-order chi connectivity index (χ0) is 29.8. The maximum atomic E-state index is 15.3. The molecule has 0 aliphatic carbocycles. The number of anilines is 1. The monoisotopic (exact) mass is 758 g/mol. The third kappa shape index (κ3) is 5.43. The lowest BCUT2D eigenvalue weighted by Crippen LogP contribution is -2.61. The van der Waals surface area contributed by atoms with E-state index in [1.807, 2.05) is 4.90 Å². The predicted octanol–water partition coefficient (Wildman–Crippen LogP) is 6.76. The van der Waals surface area contributed by atoms with E-state index in [0.717, 1.165) is 6.42 Å². The normalized spacial score (nSPS) is 18.3. The topological polar surface area (TPSA) is 114 Å². The molecule has 1 unspecified atom stereocenters. The second-order valence-electron chi connectivity index (χ2n) is 10.7. The summed E-state index contributed by atoms with van der Waals surface area (Å²) in [6, 6.07) is 6.91. The molecule has 2 atom stereocenters. The van der Waals surface area contributed by atoms with Crippen LogP contribution in [0.15, 0.2) is 36.8 Å². The fourth-order valence-electron chi connectivity index (χ4n) is 5.90. The SMILES string of the molecule is C[C@@H](Oc1cc2c(-c3cnc(N4CC5(CCCS(=O)(=O)C5)C4)c(C#N)c3)nn(PI)c2cc1F)c1c(Cl)cncc1Cl. The number of halogens is 4. The first-order chi connectivity index (χ1) is 20.0. The van der Waals surface area contributed by atoms with E-state index in [1.165, 1.54) is 18.5 Å². The quantitative estimate of drug-likeness (QED) is 0.157. The Labute approximate surface area is 266 Å². The number of rotatable bonds is 6. The van der Waals surface area contributed by atoms with E-state index in [9.17, 15) is 13.7 Å². The molecule has 2 fully saturated rings. The van der Waals surface area contributed by atoms with E-state index in [4.69, 9.17) is 33.0 Å². The van der Waals surface area contributed by atoms with Crippen molar-refractivity contribution in [3.8, 4) is 23.1 Å². The van der Waals surface area contributed by atoms with Crippen molar-refractivity contribution in [1.82, 2.24) is 19.5 Å². The summed E-state index contributed by atoms with van der Waals surface area (Å²) < 4.78 is 47.4. The fourth-order valence-corrected chi connectivity index (χ4v) is 10.1. The summed E-state index contributed by atoms with van der Waals surface area (Å²) in [5.41, 5.74) is 2.27. The molecule has 42 heavy (non-hydrogen) atoms. The number of fused-ring (bicyclic) bond motifs is 1. The molecule has 1 spiro atoms. The van der Waals surface area contributed by atoms with Gasteiger partial charge in [-0.1, -0.05) is 23.2 Å². The van der Waals surface area contributed by atoms with Crippen LogP contribution in [0.3, 0.4) is 0 Å². The second-order valence-corrected chi connectivity index (χ2v) is 15.7. The highest BCUT2D eigenvalue weighted by atomic mass is 127. The highest BCUT2D eigenvalue weighted by Gasteiger charge is 2.48. The average molecular weight is 759 g/mol. The molecule has 9 nitrogen and oxygen atoms in total. The van der Waals surface area contributed by atoms with Gasteiger partial charge < -0.3 is 9.64 Å². The summed E-state index contributed by atoms with van der Waals surface area (Å²) in [6.45, 7) is 2.81. The first-order valence-corrected chi connectivity index (χ1v) is 19.6. The van der Waals surface area contributed by atoms with Crippen molar-refractivity contribution >= 4 is 78.2 Å². The van der Waals surface area contributed by atoms with Gasteiger partial charge in [0.2, 0.25) is 0 Å². The van der Waals surface area contributed by atoms with Crippen molar-refractivity contribution in [3.05, 3.63) is 63.8 Å². The molecule has 0 N–H and O–H groups in total. The third-order valence-electron chi connectivity index (χ3n) is 7.72. The number of hydrogen-bond acceptors (Lipinski definition) is 8. The summed E-state index contributed by atoms with van der Waals surface area (Å²) >= 11 is 14.7. The van der Waals surface area contributed by atoms with Crippen LogP contribution in [-0.2, 0) is 9.84 Å². The molecule has 0 amide bonds. The lowest BCUT2D eigenvalue weighted by molar-refractivity contribution is 0.215. The van der Waals surface area contributed by atoms with Gasteiger partial charge in [-0.3, -0.25) is 4.98 Å². The Balaban J connectivity index is 1.33. The number of pyridine rings is 2. The van der Waals surface area contributed by atoms with Crippen LogP contribution in [0.25, 0.3) is 22.2 Å². The van der Waals surface area contributed by atoms with Gasteiger partial charge in [-0.05, 0) is 53.9 Å². The lowest BCUT2D eigenvalue weighted by Gasteiger charge is -2.52. The summed E-state index contributed by atoms with van der Waals surface area (Å²) in [5.74, 6) is 0.361. The molecule has 4 aromatic rings. The molecule has 1 aromatic carbocycles. The van der Waals surface area contributed by atoms with E-state index >= 15 is 4.39 Å². The smallest absolute Gasteiger partial charge is 0.167 e. The van der Waals surface area contributed by atoms with Crippen LogP contribution in [0.5, 0.6) is 5.75 Å². The standard InChI is InChI=1S/C27H23Cl2FIN6O3PS/c1-15(24-19(28)10-33-11-20(24)29)40-23-6-18-22(7-21(23)30)37(41-31)35-25(18)17-5-16(8-32)26(34-9-17)36-12-27(13-36)3-2-4-42(38,39)14-27/h5-7,9-11,15,41H,2-4,12-14H2,1H3/t15-/m1/s1. The summed E-state index contributed by atoms with van der Waals surface area (Å²) in [6.07, 6.45) is 5.57. The molecule has 3 aromatic heterocycles. The van der Waals surface area contributed by atoms with E-state index in [1.54, 1.807) is 29.7 Å². The highest BCUT2D eigenvalue weighted by molar-refractivity contribution is 14.2. The number of ether oxygens (including phenoxy) is 1. The number of nitriles is 1. The Morgan fingerprint density at radius 3 is 2.62 bits per heavy atom. The number of sulfone groups is 1. The van der Waals surface area contributed by atoms with Gasteiger partial charge in [0.25, 0.3) is 0 Å². The van der Waals surface area contributed by atoms with Crippen LogP contribution in [0.1, 0.15) is 37.0 Å². The van der Waals surface area contributed by atoms with Gasteiger partial charge in [0.05, 0.1) is 39.0 Å². The van der Waals surface area contributed by atoms with Gasteiger partial charge in [0, 0.05) is 59.7 Å². The van der Waals surface area contributed by atoms with Crippen molar-refractivity contribution in [1.29, 1.82) is 5.26 Å². The van der Waals surface area contributed by atoms with Crippen molar-refractivity contribution in [2.75, 3.05) is 29.5 Å². The summed E-state index contributed by atoms with van der Waals surface area (Å²) in [5, 5.41) is 16.0. The molecule has 5 heterocycles. The Kier molecular flexibility index (Phi) is 8.02. The molecular weight excluding hydrogens is 736 g/mol. The highest BCUT2D eigenvalue weighted by Crippen LogP contribution is 2.44. The summed E-state index contributed by atoms with van der Waals surface area (Å²) in [4.78, 5) is 10.5. The number of aromatic nitrogens is 4. The van der Waals surface area contributed by atoms with Gasteiger partial charge in [-0.25, -0.2) is 22.2 Å². The van der Waals surface area contributed by atoms with Crippen molar-refractivity contribution in [2.24, 2.45) is 5.41 Å². The Hall–Kier alpha value is -2.30. The van der Waals surface area contributed by atoms with Gasteiger partial charge in [-0.2, -0.15) is 10.4 Å². The van der Waals surface area contributed by atoms with Crippen molar-refractivity contribution in [3.63, 3.8) is 0 Å². The van der Waals surface area contributed by atoms with E-state index in [2.05, 4.69) is 38.1 Å². The molecular formula is C27H23Cl2FIN6O3PS. The number of benzene rings is 1. The van der Waals surface area contributed by atoms with Gasteiger partial charge in [0.15, 0.2) is 21.4 Å². The van der Waals surface area contributed by atoms with Crippen LogP contribution in [0, 0.1) is 22.6 Å². The summed E-state index contributed by atoms with van der Waals surface area (Å²) in [7, 11) is -3.05. The van der Waals surface area contributed by atoms with Crippen LogP contribution >= 0.6 is 51.6 Å². The minimum atomic E-state index is -3.05. The van der Waals surface area contributed by atoms with Gasteiger partial charge in [0.1, 0.15) is 23.7 Å². The molecule has 218 valence electrons. The zero-order valence-corrected chi connectivity index (χ0v) is 27.6. The molecule has 2 aliphatic heterocycles.